The number of alkyl halides is 3. The SMILES string of the molecule is COC(=O)[C@]1(C)OC[C@H](CCCCc2nc(-c3ccc(C(F)(F)F)cc3)oc2C)CO1. The maximum Gasteiger partial charge on any atom is 0.416 e. The van der Waals surface area contributed by atoms with Gasteiger partial charge < -0.3 is 18.6 Å². The summed E-state index contributed by atoms with van der Waals surface area (Å²) in [5.41, 5.74) is 0.596. The molecule has 1 fully saturated rings. The lowest BCUT2D eigenvalue weighted by Crippen LogP contribution is -2.48. The minimum absolute atomic E-state index is 0.193. The first-order valence-electron chi connectivity index (χ1n) is 10.1. The fourth-order valence-corrected chi connectivity index (χ4v) is 3.42. The van der Waals surface area contributed by atoms with Crippen molar-refractivity contribution in [2.75, 3.05) is 20.3 Å². The molecular weight excluding hydrogens is 415 g/mol. The summed E-state index contributed by atoms with van der Waals surface area (Å²) in [4.78, 5) is 16.1. The van der Waals surface area contributed by atoms with Crippen LogP contribution in [0.4, 0.5) is 13.2 Å². The fourth-order valence-electron chi connectivity index (χ4n) is 3.42. The smallest absolute Gasteiger partial charge is 0.416 e. The van der Waals surface area contributed by atoms with Crippen LogP contribution in [0.5, 0.6) is 0 Å². The zero-order chi connectivity index (χ0) is 22.6. The van der Waals surface area contributed by atoms with E-state index in [0.29, 0.717) is 36.8 Å². The van der Waals surface area contributed by atoms with E-state index < -0.39 is 23.5 Å². The van der Waals surface area contributed by atoms with Crippen molar-refractivity contribution in [3.05, 3.63) is 41.3 Å². The van der Waals surface area contributed by atoms with E-state index in [2.05, 4.69) is 9.72 Å². The number of oxazole rings is 1. The summed E-state index contributed by atoms with van der Waals surface area (Å²) >= 11 is 0. The van der Waals surface area contributed by atoms with Gasteiger partial charge in [-0.3, -0.25) is 0 Å². The number of hydrogen-bond donors (Lipinski definition) is 0. The molecule has 1 aliphatic rings. The summed E-state index contributed by atoms with van der Waals surface area (Å²) in [6.45, 7) is 4.20. The van der Waals surface area contributed by atoms with E-state index in [1.54, 1.807) is 13.8 Å². The van der Waals surface area contributed by atoms with Crippen LogP contribution >= 0.6 is 0 Å². The van der Waals surface area contributed by atoms with Crippen LogP contribution in [0, 0.1) is 12.8 Å². The van der Waals surface area contributed by atoms with Gasteiger partial charge in [0.05, 0.1) is 31.6 Å². The minimum atomic E-state index is -4.37. The number of hydrogen-bond acceptors (Lipinski definition) is 6. The van der Waals surface area contributed by atoms with E-state index in [1.165, 1.54) is 19.2 Å². The maximum absolute atomic E-state index is 12.7. The van der Waals surface area contributed by atoms with Crippen LogP contribution in [0.15, 0.2) is 28.7 Å². The second-order valence-electron chi connectivity index (χ2n) is 7.77. The van der Waals surface area contributed by atoms with Crippen LogP contribution in [0.3, 0.4) is 0 Å². The Morgan fingerprint density at radius 3 is 2.42 bits per heavy atom. The number of esters is 1. The van der Waals surface area contributed by atoms with Crippen LogP contribution in [-0.4, -0.2) is 37.1 Å². The van der Waals surface area contributed by atoms with Crippen molar-refractivity contribution in [3.63, 3.8) is 0 Å². The van der Waals surface area contributed by atoms with E-state index in [-0.39, 0.29) is 5.92 Å². The standard InChI is InChI=1S/C22H26F3NO5/c1-14-18(26-19(31-14)16-8-10-17(11-9-16)22(23,24)25)7-5-4-6-15-12-29-21(2,30-13-15)20(27)28-3/h8-11,15H,4-7,12-13H2,1-3H3/t15-,21+. The van der Waals surface area contributed by atoms with Gasteiger partial charge in [-0.25, -0.2) is 9.78 Å². The number of rotatable bonds is 7. The number of aromatic nitrogens is 1. The number of benzene rings is 1. The van der Waals surface area contributed by atoms with Gasteiger partial charge in [0, 0.05) is 18.4 Å². The highest BCUT2D eigenvalue weighted by molar-refractivity contribution is 5.77. The summed E-state index contributed by atoms with van der Waals surface area (Å²) in [5, 5.41) is 0. The number of unbranched alkanes of at least 4 members (excludes halogenated alkanes) is 1. The lowest BCUT2D eigenvalue weighted by Gasteiger charge is -2.35. The highest BCUT2D eigenvalue weighted by Gasteiger charge is 2.41. The predicted molar refractivity (Wildman–Crippen MR) is 105 cm³/mol. The van der Waals surface area contributed by atoms with Crippen molar-refractivity contribution in [2.45, 2.75) is 51.5 Å². The summed E-state index contributed by atoms with van der Waals surface area (Å²) < 4.78 is 59.6. The predicted octanol–water partition coefficient (Wildman–Crippen LogP) is 4.93. The minimum Gasteiger partial charge on any atom is -0.465 e. The Hall–Kier alpha value is -2.39. The van der Waals surface area contributed by atoms with Gasteiger partial charge in [0.15, 0.2) is 0 Å². The number of methoxy groups -OCH3 is 1. The molecule has 0 saturated carbocycles. The monoisotopic (exact) mass is 441 g/mol. The molecule has 9 heteroatoms. The lowest BCUT2D eigenvalue weighted by atomic mass is 10.0. The van der Waals surface area contributed by atoms with E-state index in [4.69, 9.17) is 13.9 Å². The molecule has 0 amide bonds. The normalized spacial score (nSPS) is 21.8. The second-order valence-corrected chi connectivity index (χ2v) is 7.77. The Morgan fingerprint density at radius 2 is 1.84 bits per heavy atom. The number of halogens is 3. The van der Waals surface area contributed by atoms with Gasteiger partial charge in [-0.2, -0.15) is 13.2 Å². The van der Waals surface area contributed by atoms with Gasteiger partial charge in [-0.15, -0.1) is 0 Å². The Kier molecular flexibility index (Phi) is 7.06. The molecule has 0 atom stereocenters. The van der Waals surface area contributed by atoms with E-state index in [0.717, 1.165) is 37.1 Å². The molecule has 0 bridgehead atoms. The molecule has 3 rings (SSSR count). The third-order valence-electron chi connectivity index (χ3n) is 5.37. The van der Waals surface area contributed by atoms with Crippen molar-refractivity contribution in [2.24, 2.45) is 5.92 Å². The van der Waals surface area contributed by atoms with Gasteiger partial charge in [-0.1, -0.05) is 6.42 Å². The summed E-state index contributed by atoms with van der Waals surface area (Å²) in [6.07, 6.45) is -1.02. The molecule has 1 aromatic heterocycles. The van der Waals surface area contributed by atoms with Crippen LogP contribution in [0.1, 0.15) is 43.2 Å². The third-order valence-corrected chi connectivity index (χ3v) is 5.37. The van der Waals surface area contributed by atoms with Crippen molar-refractivity contribution >= 4 is 5.97 Å². The van der Waals surface area contributed by atoms with Crippen LogP contribution < -0.4 is 0 Å². The van der Waals surface area contributed by atoms with E-state index in [1.807, 2.05) is 0 Å². The molecule has 2 heterocycles. The highest BCUT2D eigenvalue weighted by Crippen LogP contribution is 2.31. The third kappa shape index (κ3) is 5.65. The molecule has 1 saturated heterocycles. The molecule has 0 radical (unpaired) electrons. The zero-order valence-corrected chi connectivity index (χ0v) is 17.8. The molecule has 0 spiro atoms. The van der Waals surface area contributed by atoms with Crippen molar-refractivity contribution in [3.8, 4) is 11.5 Å². The van der Waals surface area contributed by atoms with Crippen molar-refractivity contribution < 1.29 is 36.6 Å². The Labute approximate surface area is 178 Å². The summed E-state index contributed by atoms with van der Waals surface area (Å²) in [5.74, 6) is -0.710. The average molecular weight is 441 g/mol. The molecular formula is C22H26F3NO5. The number of carbonyl (C=O) groups is 1. The average Bonchev–Trinajstić information content (AvgIpc) is 3.12. The van der Waals surface area contributed by atoms with Crippen molar-refractivity contribution in [1.82, 2.24) is 4.98 Å². The van der Waals surface area contributed by atoms with Crippen molar-refractivity contribution in [1.29, 1.82) is 0 Å². The largest absolute Gasteiger partial charge is 0.465 e. The molecule has 1 aromatic carbocycles. The van der Waals surface area contributed by atoms with Gasteiger partial charge in [-0.05, 0) is 50.5 Å². The first-order valence-corrected chi connectivity index (χ1v) is 10.1. The molecule has 0 unspecified atom stereocenters. The number of carbonyl (C=O) groups excluding carboxylic acids is 1. The fraction of sp³-hybridized carbons (Fsp3) is 0.545. The first-order chi connectivity index (χ1) is 14.6. The molecule has 170 valence electrons. The van der Waals surface area contributed by atoms with Gasteiger partial charge in [0.1, 0.15) is 5.76 Å². The summed E-state index contributed by atoms with van der Waals surface area (Å²) in [6, 6.07) is 4.77. The van der Waals surface area contributed by atoms with E-state index >= 15 is 0 Å². The highest BCUT2D eigenvalue weighted by atomic mass is 19.4. The Morgan fingerprint density at radius 1 is 1.19 bits per heavy atom. The van der Waals surface area contributed by atoms with Crippen LogP contribution in [-0.2, 0) is 31.6 Å². The number of ether oxygens (including phenoxy) is 3. The Balaban J connectivity index is 1.47. The van der Waals surface area contributed by atoms with E-state index in [9.17, 15) is 18.0 Å². The molecule has 6 nitrogen and oxygen atoms in total. The molecule has 31 heavy (non-hydrogen) atoms. The molecule has 2 aromatic rings. The summed E-state index contributed by atoms with van der Waals surface area (Å²) in [7, 11) is 1.29. The molecule has 0 N–H and O–H groups in total. The number of aryl methyl sites for hydroxylation is 2. The molecule has 0 aliphatic carbocycles. The topological polar surface area (TPSA) is 70.8 Å². The van der Waals surface area contributed by atoms with Gasteiger partial charge in [0.25, 0.3) is 5.79 Å². The van der Waals surface area contributed by atoms with Crippen LogP contribution in [0.2, 0.25) is 0 Å². The zero-order valence-electron chi connectivity index (χ0n) is 17.8. The van der Waals surface area contributed by atoms with Crippen LogP contribution in [0.25, 0.3) is 11.5 Å². The second kappa shape index (κ2) is 9.40. The first kappa shape index (κ1) is 23.3. The van der Waals surface area contributed by atoms with Gasteiger partial charge >= 0.3 is 12.1 Å². The lowest BCUT2D eigenvalue weighted by molar-refractivity contribution is -0.272. The number of nitrogens with zero attached hydrogens (tertiary/aromatic N) is 1. The Bertz CT molecular complexity index is 884. The quantitative estimate of drug-likeness (QED) is 0.448. The maximum atomic E-state index is 12.7. The van der Waals surface area contributed by atoms with Gasteiger partial charge in [0.2, 0.25) is 5.89 Å². The molecule has 1 aliphatic heterocycles.